The van der Waals surface area contributed by atoms with Crippen molar-refractivity contribution in [3.8, 4) is 11.1 Å². The van der Waals surface area contributed by atoms with Gasteiger partial charge < -0.3 is 21.5 Å². The van der Waals surface area contributed by atoms with Crippen molar-refractivity contribution in [3.63, 3.8) is 0 Å². The number of carboxylic acids is 1. The Kier molecular flexibility index (Phi) is 6.79. The Morgan fingerprint density at radius 2 is 1.85 bits per heavy atom. The van der Waals surface area contributed by atoms with Gasteiger partial charge in [-0.25, -0.2) is 9.78 Å². The van der Waals surface area contributed by atoms with Gasteiger partial charge in [0.05, 0.1) is 5.92 Å². The number of thiophene rings is 1. The summed E-state index contributed by atoms with van der Waals surface area (Å²) in [6.07, 6.45) is 2.64. The number of nitrogens with one attached hydrogen (secondary N) is 2. The molecule has 0 aliphatic carbocycles. The van der Waals surface area contributed by atoms with Crippen molar-refractivity contribution in [1.82, 2.24) is 4.98 Å². The molecule has 0 fully saturated rings. The monoisotopic (exact) mass is 474 g/mol. The number of fused-ring (bicyclic) bond motifs is 1. The summed E-state index contributed by atoms with van der Waals surface area (Å²) in [5, 5.41) is 18.0. The number of anilines is 3. The lowest BCUT2D eigenvalue weighted by atomic mass is 9.96. The summed E-state index contributed by atoms with van der Waals surface area (Å²) in [6, 6.07) is 14.8. The van der Waals surface area contributed by atoms with Crippen LogP contribution in [0.4, 0.5) is 22.0 Å². The standard InChI is InChI=1S/C26H26N4O3S/c1-3-16(25(31)32)12-18-13-28-24(27)22-21(14-34-23(18)22)17-7-9-19(10-8-17)29-26(33)30-20-6-4-5-15(2)11-20/h4-11,13-14,16H,3,12H2,1-2H3,(H2,27,28)(H,31,32)(H2,29,30,33). The van der Waals surface area contributed by atoms with Crippen LogP contribution in [0.5, 0.6) is 0 Å². The predicted molar refractivity (Wildman–Crippen MR) is 138 cm³/mol. The molecule has 4 rings (SSSR count). The molecule has 0 bridgehead atoms. The molecule has 2 amide bonds. The van der Waals surface area contributed by atoms with Crippen molar-refractivity contribution in [2.45, 2.75) is 26.7 Å². The molecule has 0 saturated heterocycles. The summed E-state index contributed by atoms with van der Waals surface area (Å²) >= 11 is 1.54. The molecular formula is C26H26N4O3S. The van der Waals surface area contributed by atoms with Gasteiger partial charge in [0.1, 0.15) is 5.82 Å². The van der Waals surface area contributed by atoms with Gasteiger partial charge in [0.15, 0.2) is 0 Å². The highest BCUT2D eigenvalue weighted by Gasteiger charge is 2.20. The largest absolute Gasteiger partial charge is 0.481 e. The second-order valence-corrected chi connectivity index (χ2v) is 9.08. The molecule has 1 atom stereocenters. The van der Waals surface area contributed by atoms with Gasteiger partial charge >= 0.3 is 12.0 Å². The van der Waals surface area contributed by atoms with Gasteiger partial charge in [0.25, 0.3) is 0 Å². The highest BCUT2D eigenvalue weighted by atomic mass is 32.1. The summed E-state index contributed by atoms with van der Waals surface area (Å²) in [7, 11) is 0. The number of nitrogen functional groups attached to an aromatic ring is 1. The zero-order chi connectivity index (χ0) is 24.2. The number of aryl methyl sites for hydroxylation is 1. The lowest BCUT2D eigenvalue weighted by Gasteiger charge is -2.11. The number of benzene rings is 2. The molecule has 174 valence electrons. The molecule has 4 aromatic rings. The second kappa shape index (κ2) is 9.93. The quantitative estimate of drug-likeness (QED) is 0.256. The fraction of sp³-hybridized carbons (Fsp3) is 0.192. The number of pyridine rings is 1. The first kappa shape index (κ1) is 23.3. The number of rotatable bonds is 7. The summed E-state index contributed by atoms with van der Waals surface area (Å²) < 4.78 is 0.960. The van der Waals surface area contributed by atoms with Crippen LogP contribution in [0.15, 0.2) is 60.1 Å². The van der Waals surface area contributed by atoms with Crippen LogP contribution in [0.3, 0.4) is 0 Å². The third kappa shape index (κ3) is 5.02. The van der Waals surface area contributed by atoms with Gasteiger partial charge in [-0.3, -0.25) is 4.79 Å². The molecule has 2 aromatic carbocycles. The Balaban J connectivity index is 1.55. The number of carbonyl (C=O) groups excluding carboxylic acids is 1. The fourth-order valence-corrected chi connectivity index (χ4v) is 5.01. The van der Waals surface area contributed by atoms with Gasteiger partial charge in [0.2, 0.25) is 0 Å². The smallest absolute Gasteiger partial charge is 0.323 e. The highest BCUT2D eigenvalue weighted by molar-refractivity contribution is 7.18. The molecule has 7 nitrogen and oxygen atoms in total. The molecule has 2 aromatic heterocycles. The van der Waals surface area contributed by atoms with Crippen molar-refractivity contribution in [2.24, 2.45) is 5.92 Å². The summed E-state index contributed by atoms with van der Waals surface area (Å²) in [4.78, 5) is 28.2. The number of aromatic nitrogens is 1. The lowest BCUT2D eigenvalue weighted by Crippen LogP contribution is -2.19. The third-order valence-corrected chi connectivity index (χ3v) is 6.79. The minimum Gasteiger partial charge on any atom is -0.481 e. The van der Waals surface area contributed by atoms with Gasteiger partial charge in [-0.05, 0) is 66.1 Å². The van der Waals surface area contributed by atoms with Crippen LogP contribution in [0, 0.1) is 12.8 Å². The Morgan fingerprint density at radius 1 is 1.12 bits per heavy atom. The summed E-state index contributed by atoms with van der Waals surface area (Å²) in [5.74, 6) is -0.854. The maximum absolute atomic E-state index is 12.3. The van der Waals surface area contributed by atoms with Crippen LogP contribution in [0.2, 0.25) is 0 Å². The van der Waals surface area contributed by atoms with E-state index in [2.05, 4.69) is 15.6 Å². The van der Waals surface area contributed by atoms with Crippen LogP contribution < -0.4 is 16.4 Å². The Bertz CT molecular complexity index is 1350. The minimum absolute atomic E-state index is 0.318. The first-order valence-electron chi connectivity index (χ1n) is 11.0. The van der Waals surface area contributed by atoms with Crippen molar-refractivity contribution >= 4 is 50.6 Å². The Morgan fingerprint density at radius 3 is 2.53 bits per heavy atom. The van der Waals surface area contributed by atoms with Crippen LogP contribution in [-0.2, 0) is 11.2 Å². The molecule has 0 spiro atoms. The number of aliphatic carboxylic acids is 1. The van der Waals surface area contributed by atoms with E-state index >= 15 is 0 Å². The van der Waals surface area contributed by atoms with Gasteiger partial charge in [-0.1, -0.05) is 31.2 Å². The molecule has 5 N–H and O–H groups in total. The first-order chi connectivity index (χ1) is 16.4. The normalized spacial score (nSPS) is 11.8. The van der Waals surface area contributed by atoms with Gasteiger partial charge in [0, 0.05) is 33.2 Å². The average molecular weight is 475 g/mol. The van der Waals surface area contributed by atoms with Crippen LogP contribution in [0.1, 0.15) is 24.5 Å². The van der Waals surface area contributed by atoms with Crippen LogP contribution in [0.25, 0.3) is 21.2 Å². The van der Waals surface area contributed by atoms with E-state index < -0.39 is 11.9 Å². The van der Waals surface area contributed by atoms with E-state index in [9.17, 15) is 14.7 Å². The van der Waals surface area contributed by atoms with Crippen LogP contribution in [-0.4, -0.2) is 22.1 Å². The molecular weight excluding hydrogens is 448 g/mol. The van der Waals surface area contributed by atoms with E-state index in [1.165, 1.54) is 11.3 Å². The van der Waals surface area contributed by atoms with Crippen LogP contribution >= 0.6 is 11.3 Å². The van der Waals surface area contributed by atoms with E-state index in [0.29, 0.717) is 24.3 Å². The third-order valence-electron chi connectivity index (χ3n) is 5.74. The number of nitrogens with two attached hydrogens (primary N) is 1. The molecule has 0 aliphatic rings. The van der Waals surface area contributed by atoms with E-state index in [1.54, 1.807) is 6.20 Å². The predicted octanol–water partition coefficient (Wildman–Crippen LogP) is 6.15. The minimum atomic E-state index is -0.807. The van der Waals surface area contributed by atoms with Gasteiger partial charge in [-0.15, -0.1) is 11.3 Å². The zero-order valence-corrected chi connectivity index (χ0v) is 19.8. The number of amides is 2. The number of hydrogen-bond acceptors (Lipinski definition) is 5. The number of urea groups is 1. The maximum atomic E-state index is 12.3. The molecule has 2 heterocycles. The molecule has 8 heteroatoms. The second-order valence-electron chi connectivity index (χ2n) is 8.20. The summed E-state index contributed by atoms with van der Waals surface area (Å²) in [6.45, 7) is 3.84. The van der Waals surface area contributed by atoms with Crippen molar-refractivity contribution < 1.29 is 14.7 Å². The maximum Gasteiger partial charge on any atom is 0.323 e. The lowest BCUT2D eigenvalue weighted by molar-refractivity contribution is -0.141. The molecule has 34 heavy (non-hydrogen) atoms. The zero-order valence-electron chi connectivity index (χ0n) is 19.0. The number of hydrogen-bond donors (Lipinski definition) is 4. The van der Waals surface area contributed by atoms with Crippen molar-refractivity contribution in [3.05, 3.63) is 71.2 Å². The first-order valence-corrected chi connectivity index (χ1v) is 11.9. The van der Waals surface area contributed by atoms with E-state index in [4.69, 9.17) is 5.73 Å². The van der Waals surface area contributed by atoms with Gasteiger partial charge in [-0.2, -0.15) is 0 Å². The molecule has 1 unspecified atom stereocenters. The highest BCUT2D eigenvalue weighted by Crippen LogP contribution is 2.39. The van der Waals surface area contributed by atoms with E-state index in [-0.39, 0.29) is 6.03 Å². The fourth-order valence-electron chi connectivity index (χ4n) is 3.90. The topological polar surface area (TPSA) is 117 Å². The van der Waals surface area contributed by atoms with E-state index in [0.717, 1.165) is 38.0 Å². The Labute approximate surface area is 201 Å². The number of carbonyl (C=O) groups is 2. The SMILES string of the molecule is CCC(Cc1cnc(N)c2c(-c3ccc(NC(=O)Nc4cccc(C)c4)cc3)csc12)C(=O)O. The van der Waals surface area contributed by atoms with Crippen molar-refractivity contribution in [1.29, 1.82) is 0 Å². The van der Waals surface area contributed by atoms with E-state index in [1.807, 2.05) is 67.8 Å². The average Bonchev–Trinajstić information content (AvgIpc) is 3.25. The summed E-state index contributed by atoms with van der Waals surface area (Å²) in [5.41, 5.74) is 11.4. The number of nitrogens with zero attached hydrogens (tertiary/aromatic N) is 1. The molecule has 0 saturated carbocycles. The molecule has 0 radical (unpaired) electrons. The molecule has 0 aliphatic heterocycles. The number of carboxylic acid groups (broad SMARTS) is 1. The van der Waals surface area contributed by atoms with Crippen molar-refractivity contribution in [2.75, 3.05) is 16.4 Å². The Hall–Kier alpha value is -3.91.